The lowest BCUT2D eigenvalue weighted by Gasteiger charge is -2.28. The number of non-ortho nitro benzene ring substituents is 1. The summed E-state index contributed by atoms with van der Waals surface area (Å²) >= 11 is 5.90. The van der Waals surface area contributed by atoms with Crippen molar-refractivity contribution in [3.05, 3.63) is 38.9 Å². The van der Waals surface area contributed by atoms with Crippen LogP contribution in [0.15, 0.2) is 18.2 Å². The molecule has 0 bridgehead atoms. The number of hydrogen-bond acceptors (Lipinski definition) is 7. The molecule has 1 aromatic rings. The number of hydrogen-bond donors (Lipinski definition) is 2. The van der Waals surface area contributed by atoms with Gasteiger partial charge >= 0.3 is 7.60 Å². The van der Waals surface area contributed by atoms with Gasteiger partial charge in [0.1, 0.15) is 0 Å². The second-order valence-corrected chi connectivity index (χ2v) is 8.47. The Morgan fingerprint density at radius 2 is 1.74 bits per heavy atom. The zero-order chi connectivity index (χ0) is 20.9. The van der Waals surface area contributed by atoms with Crippen LogP contribution >= 0.6 is 19.2 Å². The smallest absolute Gasteiger partial charge is 0.362 e. The number of amides is 2. The van der Waals surface area contributed by atoms with E-state index in [1.54, 1.807) is 27.7 Å². The number of nitro benzene ring substituents is 1. The highest BCUT2D eigenvalue weighted by atomic mass is 35.5. The fourth-order valence-electron chi connectivity index (χ4n) is 2.04. The number of nitrogens with two attached hydrogens (primary N) is 1. The van der Waals surface area contributed by atoms with Crippen molar-refractivity contribution < 1.29 is 28.1 Å². The van der Waals surface area contributed by atoms with Crippen molar-refractivity contribution in [3.8, 4) is 0 Å². The van der Waals surface area contributed by atoms with Gasteiger partial charge in [-0.15, -0.1) is 0 Å². The Labute approximate surface area is 161 Å². The van der Waals surface area contributed by atoms with Crippen LogP contribution in [0, 0.1) is 10.1 Å². The molecule has 150 valence electrons. The fraction of sp³-hybridized carbons (Fsp3) is 0.467. The quantitative estimate of drug-likeness (QED) is 0.353. The number of carbonyl (C=O) groups is 2. The van der Waals surface area contributed by atoms with Gasteiger partial charge in [-0.05, 0) is 33.8 Å². The lowest BCUT2D eigenvalue weighted by Crippen LogP contribution is -2.45. The second-order valence-electron chi connectivity index (χ2n) is 6.05. The van der Waals surface area contributed by atoms with Crippen LogP contribution in [0.2, 0.25) is 5.02 Å². The normalized spacial score (nSPS) is 12.9. The molecule has 0 aliphatic rings. The molecule has 0 aliphatic carbocycles. The number of nitrogens with zero attached hydrogens (tertiary/aromatic N) is 1. The molecule has 1 atom stereocenters. The molecule has 12 heteroatoms. The van der Waals surface area contributed by atoms with Crippen molar-refractivity contribution in [2.75, 3.05) is 0 Å². The highest BCUT2D eigenvalue weighted by molar-refractivity contribution is 7.55. The zero-order valence-corrected chi connectivity index (χ0v) is 16.8. The minimum absolute atomic E-state index is 0.172. The SMILES string of the molecule is CC(C)OP(=O)(OC(C)C)[C@H](NC(=O)c1ccc([N+](=O)[O-])cc1Cl)C(N)=O. The summed E-state index contributed by atoms with van der Waals surface area (Å²) in [6.45, 7) is 6.29. The standard InChI is InChI=1S/C15H21ClN3O7P/c1-8(2)25-27(24,26-9(3)4)15(13(17)20)18-14(21)11-6-5-10(19(22)23)7-12(11)16/h5-9,15H,1-4H3,(H2,17,20)(H,18,21)/t15-/m0/s1. The minimum Gasteiger partial charge on any atom is -0.367 e. The van der Waals surface area contributed by atoms with Crippen molar-refractivity contribution in [1.82, 2.24) is 5.32 Å². The summed E-state index contributed by atoms with van der Waals surface area (Å²) in [6, 6.07) is 3.14. The molecule has 0 fully saturated rings. The van der Waals surface area contributed by atoms with Gasteiger partial charge in [0.05, 0.1) is 27.7 Å². The first-order valence-corrected chi connectivity index (χ1v) is 9.87. The van der Waals surface area contributed by atoms with Gasteiger partial charge in [0, 0.05) is 12.1 Å². The van der Waals surface area contributed by atoms with Crippen molar-refractivity contribution in [2.45, 2.75) is 45.7 Å². The summed E-state index contributed by atoms with van der Waals surface area (Å²) in [7, 11) is -4.17. The van der Waals surface area contributed by atoms with Gasteiger partial charge < -0.3 is 20.1 Å². The molecule has 10 nitrogen and oxygen atoms in total. The molecule has 0 aromatic heterocycles. The predicted octanol–water partition coefficient (Wildman–Crippen LogP) is 2.83. The summed E-state index contributed by atoms with van der Waals surface area (Å²) in [5.74, 6) is -3.83. The van der Waals surface area contributed by atoms with E-state index in [1.807, 2.05) is 0 Å². The van der Waals surface area contributed by atoms with Crippen LogP contribution < -0.4 is 11.1 Å². The molecule has 0 unspecified atom stereocenters. The van der Waals surface area contributed by atoms with E-state index in [2.05, 4.69) is 5.32 Å². The Morgan fingerprint density at radius 3 is 2.11 bits per heavy atom. The largest absolute Gasteiger partial charge is 0.367 e. The van der Waals surface area contributed by atoms with Crippen LogP contribution in [0.4, 0.5) is 5.69 Å². The maximum absolute atomic E-state index is 13.1. The van der Waals surface area contributed by atoms with Crippen LogP contribution in [0.3, 0.4) is 0 Å². The van der Waals surface area contributed by atoms with Crippen LogP contribution in [-0.2, 0) is 18.4 Å². The van der Waals surface area contributed by atoms with Gasteiger partial charge in [0.25, 0.3) is 17.5 Å². The number of nitrogens with one attached hydrogen (secondary N) is 1. The Hall–Kier alpha value is -2.00. The molecule has 2 amide bonds. The molecule has 0 radical (unpaired) electrons. The molecule has 1 rings (SSSR count). The maximum Gasteiger partial charge on any atom is 0.362 e. The van der Waals surface area contributed by atoms with E-state index in [-0.39, 0.29) is 16.3 Å². The molecule has 0 saturated carbocycles. The molecule has 27 heavy (non-hydrogen) atoms. The molecular weight excluding hydrogens is 401 g/mol. The summed E-state index contributed by atoms with van der Waals surface area (Å²) in [4.78, 5) is 34.4. The third-order valence-corrected chi connectivity index (χ3v) is 5.74. The third-order valence-electron chi connectivity index (χ3n) is 2.98. The highest BCUT2D eigenvalue weighted by Gasteiger charge is 2.43. The van der Waals surface area contributed by atoms with Crippen LogP contribution in [0.5, 0.6) is 0 Å². The fourth-order valence-corrected chi connectivity index (χ4v) is 4.36. The number of nitro groups is 1. The predicted molar refractivity (Wildman–Crippen MR) is 98.6 cm³/mol. The van der Waals surface area contributed by atoms with E-state index in [0.29, 0.717) is 0 Å². The molecule has 0 spiro atoms. The van der Waals surface area contributed by atoms with E-state index >= 15 is 0 Å². The monoisotopic (exact) mass is 421 g/mol. The van der Waals surface area contributed by atoms with Crippen molar-refractivity contribution in [3.63, 3.8) is 0 Å². The Balaban J connectivity index is 3.21. The van der Waals surface area contributed by atoms with Crippen molar-refractivity contribution in [1.29, 1.82) is 0 Å². The Bertz CT molecular complexity index is 771. The van der Waals surface area contributed by atoms with Crippen LogP contribution in [0.25, 0.3) is 0 Å². The van der Waals surface area contributed by atoms with Crippen molar-refractivity contribution >= 4 is 36.7 Å². The van der Waals surface area contributed by atoms with E-state index < -0.39 is 42.3 Å². The second kappa shape index (κ2) is 9.27. The van der Waals surface area contributed by atoms with Crippen LogP contribution in [0.1, 0.15) is 38.1 Å². The number of halogens is 1. The molecular formula is C15H21ClN3O7P. The zero-order valence-electron chi connectivity index (χ0n) is 15.2. The first kappa shape index (κ1) is 23.0. The number of rotatable bonds is 9. The first-order valence-electron chi connectivity index (χ1n) is 7.88. The Kier molecular flexibility index (Phi) is 7.91. The van der Waals surface area contributed by atoms with E-state index in [9.17, 15) is 24.3 Å². The molecule has 0 aliphatic heterocycles. The number of primary amides is 1. The Morgan fingerprint density at radius 1 is 1.22 bits per heavy atom. The van der Waals surface area contributed by atoms with Gasteiger partial charge in [0.2, 0.25) is 5.78 Å². The summed E-state index contributed by atoms with van der Waals surface area (Å²) in [5.41, 5.74) is 4.80. The average Bonchev–Trinajstić information content (AvgIpc) is 2.49. The third kappa shape index (κ3) is 6.28. The van der Waals surface area contributed by atoms with Gasteiger partial charge in [-0.2, -0.15) is 0 Å². The van der Waals surface area contributed by atoms with Gasteiger partial charge in [0.15, 0.2) is 0 Å². The summed E-state index contributed by atoms with van der Waals surface area (Å²) < 4.78 is 23.7. The van der Waals surface area contributed by atoms with E-state index in [1.165, 1.54) is 0 Å². The molecule has 0 saturated heterocycles. The molecule has 0 heterocycles. The first-order chi connectivity index (χ1) is 12.4. The van der Waals surface area contributed by atoms with E-state index in [0.717, 1.165) is 18.2 Å². The topological polar surface area (TPSA) is 151 Å². The maximum atomic E-state index is 13.1. The lowest BCUT2D eigenvalue weighted by molar-refractivity contribution is -0.384. The van der Waals surface area contributed by atoms with Crippen molar-refractivity contribution in [2.24, 2.45) is 5.73 Å². The van der Waals surface area contributed by atoms with Gasteiger partial charge in [-0.1, -0.05) is 11.6 Å². The van der Waals surface area contributed by atoms with Gasteiger partial charge in [-0.3, -0.25) is 24.3 Å². The highest BCUT2D eigenvalue weighted by Crippen LogP contribution is 2.54. The number of carbonyl (C=O) groups excluding carboxylic acids is 2. The molecule has 3 N–H and O–H groups in total. The van der Waals surface area contributed by atoms with Crippen LogP contribution in [-0.4, -0.2) is 34.7 Å². The average molecular weight is 422 g/mol. The minimum atomic E-state index is -4.17. The molecule has 1 aromatic carbocycles. The lowest BCUT2D eigenvalue weighted by atomic mass is 10.2. The number of benzene rings is 1. The summed E-state index contributed by atoms with van der Waals surface area (Å²) in [5, 5.41) is 12.7. The van der Waals surface area contributed by atoms with Gasteiger partial charge in [-0.25, -0.2) is 0 Å². The summed E-state index contributed by atoms with van der Waals surface area (Å²) in [6.07, 6.45) is -1.17. The van der Waals surface area contributed by atoms with E-state index in [4.69, 9.17) is 26.4 Å².